The number of carbonyl (C=O) groups is 4. The van der Waals surface area contributed by atoms with E-state index in [0.717, 1.165) is 9.80 Å². The summed E-state index contributed by atoms with van der Waals surface area (Å²) in [7, 11) is 0. The Balaban J connectivity index is 2.04. The molecule has 0 aromatic carbocycles. The number of imide groups is 2. The van der Waals surface area contributed by atoms with Crippen LogP contribution in [-0.4, -0.2) is 38.6 Å². The molecule has 0 radical (unpaired) electrons. The third-order valence-corrected chi connectivity index (χ3v) is 3.26. The molecule has 0 spiro atoms. The van der Waals surface area contributed by atoms with Gasteiger partial charge in [-0.1, -0.05) is 0 Å². The molecule has 2 aliphatic heterocycles. The van der Waals surface area contributed by atoms with Gasteiger partial charge in [0.1, 0.15) is 0 Å². The lowest BCUT2D eigenvalue weighted by atomic mass is 10.4. The largest absolute Gasteiger partial charge is 0.274 e. The highest BCUT2D eigenvalue weighted by Gasteiger charge is 2.36. The fourth-order valence-corrected chi connectivity index (χ4v) is 2.28. The molecule has 0 unspecified atom stereocenters. The van der Waals surface area contributed by atoms with Crippen molar-refractivity contribution >= 4 is 47.1 Å². The molecule has 2 fully saturated rings. The molecule has 1 aromatic rings. The lowest BCUT2D eigenvalue weighted by Gasteiger charge is -2.15. The van der Waals surface area contributed by atoms with E-state index >= 15 is 0 Å². The zero-order valence-corrected chi connectivity index (χ0v) is 11.3. The maximum Gasteiger partial charge on any atom is 0.245 e. The van der Waals surface area contributed by atoms with Crippen LogP contribution in [0.3, 0.4) is 0 Å². The van der Waals surface area contributed by atoms with Crippen LogP contribution in [-0.2, 0) is 19.2 Å². The molecule has 2 aliphatic rings. The van der Waals surface area contributed by atoms with Crippen molar-refractivity contribution in [1.29, 1.82) is 0 Å². The Labute approximate surface area is 122 Å². The topological polar surface area (TPSA) is 113 Å². The fourth-order valence-electron chi connectivity index (χ4n) is 2.13. The highest BCUT2D eigenvalue weighted by atomic mass is 35.5. The summed E-state index contributed by atoms with van der Waals surface area (Å²) in [6, 6.07) is 0. The van der Waals surface area contributed by atoms with E-state index in [9.17, 15) is 19.2 Å². The molecule has 0 bridgehead atoms. The van der Waals surface area contributed by atoms with Crippen LogP contribution in [0.15, 0.2) is 0 Å². The van der Waals surface area contributed by atoms with Crippen LogP contribution in [0.2, 0.25) is 5.28 Å². The van der Waals surface area contributed by atoms with E-state index in [1.54, 1.807) is 0 Å². The van der Waals surface area contributed by atoms with Crippen LogP contribution in [0.4, 0.5) is 11.9 Å². The first-order valence-electron chi connectivity index (χ1n) is 6.10. The van der Waals surface area contributed by atoms with Crippen LogP contribution in [0.5, 0.6) is 0 Å². The average Bonchev–Trinajstić information content (AvgIpc) is 2.92. The Morgan fingerprint density at radius 1 is 0.667 bits per heavy atom. The van der Waals surface area contributed by atoms with Crippen LogP contribution in [0.25, 0.3) is 0 Å². The first-order valence-corrected chi connectivity index (χ1v) is 6.48. The second-order valence-corrected chi connectivity index (χ2v) is 4.79. The van der Waals surface area contributed by atoms with Crippen molar-refractivity contribution in [3.05, 3.63) is 5.28 Å². The molecule has 9 nitrogen and oxygen atoms in total. The summed E-state index contributed by atoms with van der Waals surface area (Å²) < 4.78 is 0. The van der Waals surface area contributed by atoms with E-state index in [1.165, 1.54) is 0 Å². The third-order valence-electron chi connectivity index (χ3n) is 3.09. The quantitative estimate of drug-likeness (QED) is 0.697. The van der Waals surface area contributed by atoms with Gasteiger partial charge in [-0.25, -0.2) is 9.80 Å². The van der Waals surface area contributed by atoms with E-state index in [1.807, 2.05) is 0 Å². The van der Waals surface area contributed by atoms with Crippen molar-refractivity contribution in [2.75, 3.05) is 9.80 Å². The summed E-state index contributed by atoms with van der Waals surface area (Å²) in [5.74, 6) is -2.41. The Bertz CT molecular complexity index is 605. The minimum absolute atomic E-state index is 0.0546. The Hall–Kier alpha value is -2.42. The van der Waals surface area contributed by atoms with Gasteiger partial charge in [-0.05, 0) is 11.6 Å². The average molecular weight is 310 g/mol. The zero-order chi connectivity index (χ0) is 15.1. The number of nitrogens with zero attached hydrogens (tertiary/aromatic N) is 5. The number of rotatable bonds is 2. The molecular weight excluding hydrogens is 302 g/mol. The molecule has 4 amide bonds. The molecule has 0 atom stereocenters. The highest BCUT2D eigenvalue weighted by Crippen LogP contribution is 2.24. The minimum atomic E-state index is -0.465. The second-order valence-electron chi connectivity index (χ2n) is 4.45. The van der Waals surface area contributed by atoms with Gasteiger partial charge >= 0.3 is 0 Å². The van der Waals surface area contributed by atoms with E-state index in [-0.39, 0.29) is 42.9 Å². The first-order chi connectivity index (χ1) is 9.97. The first kappa shape index (κ1) is 13.6. The number of carbonyl (C=O) groups excluding carboxylic acids is 4. The maximum absolute atomic E-state index is 11.7. The number of hydrogen-bond acceptors (Lipinski definition) is 7. The van der Waals surface area contributed by atoms with E-state index < -0.39 is 23.6 Å². The van der Waals surface area contributed by atoms with Crippen molar-refractivity contribution in [3.8, 4) is 0 Å². The SMILES string of the molecule is O=C1CCC(=O)N1c1nc(Cl)nc(N2C(=O)CCC2=O)n1. The van der Waals surface area contributed by atoms with Crippen LogP contribution in [0, 0.1) is 0 Å². The van der Waals surface area contributed by atoms with Gasteiger partial charge in [0.25, 0.3) is 0 Å². The summed E-state index contributed by atoms with van der Waals surface area (Å²) in [4.78, 5) is 59.5. The molecular formula is C11H8ClN5O4. The number of anilines is 2. The van der Waals surface area contributed by atoms with Gasteiger partial charge in [-0.15, -0.1) is 0 Å². The van der Waals surface area contributed by atoms with Gasteiger partial charge in [-0.2, -0.15) is 15.0 Å². The van der Waals surface area contributed by atoms with Gasteiger partial charge in [0.15, 0.2) is 0 Å². The number of hydrogen-bond donors (Lipinski definition) is 0. The van der Waals surface area contributed by atoms with Crippen LogP contribution >= 0.6 is 11.6 Å². The molecule has 2 saturated heterocycles. The van der Waals surface area contributed by atoms with Gasteiger partial charge in [0, 0.05) is 25.7 Å². The second kappa shape index (κ2) is 4.85. The number of amides is 4. The summed E-state index contributed by atoms with van der Waals surface area (Å²) in [6.07, 6.45) is 0.218. The van der Waals surface area contributed by atoms with Crippen molar-refractivity contribution in [1.82, 2.24) is 15.0 Å². The van der Waals surface area contributed by atoms with Crippen molar-refractivity contribution in [2.45, 2.75) is 25.7 Å². The molecule has 3 rings (SSSR count). The minimum Gasteiger partial charge on any atom is -0.274 e. The monoisotopic (exact) mass is 309 g/mol. The Kier molecular flexibility index (Phi) is 3.13. The standard InChI is InChI=1S/C11H8ClN5O4/c12-9-13-10(16-5(18)1-2-6(16)19)15-11(14-9)17-7(20)3-4-8(17)21/h1-4H2. The molecule has 21 heavy (non-hydrogen) atoms. The normalized spacial score (nSPS) is 19.1. The fraction of sp³-hybridized carbons (Fsp3) is 0.364. The van der Waals surface area contributed by atoms with Crippen molar-refractivity contribution < 1.29 is 19.2 Å². The smallest absolute Gasteiger partial charge is 0.245 e. The molecule has 3 heterocycles. The van der Waals surface area contributed by atoms with E-state index in [4.69, 9.17) is 11.6 Å². The van der Waals surface area contributed by atoms with Crippen molar-refractivity contribution in [3.63, 3.8) is 0 Å². The summed E-state index contributed by atoms with van der Waals surface area (Å²) in [6.45, 7) is 0. The molecule has 0 saturated carbocycles. The molecule has 108 valence electrons. The summed E-state index contributed by atoms with van der Waals surface area (Å²) in [5, 5.41) is -0.310. The molecule has 1 aromatic heterocycles. The molecule has 10 heteroatoms. The van der Waals surface area contributed by atoms with E-state index in [0.29, 0.717) is 0 Å². The van der Waals surface area contributed by atoms with Crippen LogP contribution < -0.4 is 9.80 Å². The van der Waals surface area contributed by atoms with Crippen molar-refractivity contribution in [2.24, 2.45) is 0 Å². The van der Waals surface area contributed by atoms with Gasteiger partial charge in [0.2, 0.25) is 40.8 Å². The van der Waals surface area contributed by atoms with Gasteiger partial charge in [-0.3, -0.25) is 19.2 Å². The lowest BCUT2D eigenvalue weighted by Crippen LogP contribution is -2.34. The molecule has 0 aliphatic carbocycles. The maximum atomic E-state index is 11.7. The summed E-state index contributed by atoms with van der Waals surface area (Å²) in [5.41, 5.74) is 0. The number of halogens is 1. The van der Waals surface area contributed by atoms with Gasteiger partial charge < -0.3 is 0 Å². The predicted octanol–water partition coefficient (Wildman–Crippen LogP) is -0.168. The third kappa shape index (κ3) is 2.25. The Morgan fingerprint density at radius 3 is 1.33 bits per heavy atom. The lowest BCUT2D eigenvalue weighted by molar-refractivity contribution is -0.122. The number of aromatic nitrogens is 3. The van der Waals surface area contributed by atoms with E-state index in [2.05, 4.69) is 15.0 Å². The van der Waals surface area contributed by atoms with Crippen LogP contribution in [0.1, 0.15) is 25.7 Å². The predicted molar refractivity (Wildman–Crippen MR) is 68.3 cm³/mol. The summed E-state index contributed by atoms with van der Waals surface area (Å²) >= 11 is 5.74. The highest BCUT2D eigenvalue weighted by molar-refractivity contribution is 6.29. The van der Waals surface area contributed by atoms with Gasteiger partial charge in [0.05, 0.1) is 0 Å². The molecule has 0 N–H and O–H groups in total. The Morgan fingerprint density at radius 2 is 1.00 bits per heavy atom. The zero-order valence-electron chi connectivity index (χ0n) is 10.6.